The van der Waals surface area contributed by atoms with Gasteiger partial charge in [-0.3, -0.25) is 9.59 Å². The van der Waals surface area contributed by atoms with E-state index in [1.807, 2.05) is 6.08 Å². The summed E-state index contributed by atoms with van der Waals surface area (Å²) in [7, 11) is 0. The third kappa shape index (κ3) is 45.2. The highest BCUT2D eigenvalue weighted by atomic mass is 16.5. The normalized spacial score (nSPS) is 13.1. The van der Waals surface area contributed by atoms with E-state index in [0.29, 0.717) is 19.4 Å². The molecule has 0 aliphatic heterocycles. The lowest BCUT2D eigenvalue weighted by atomic mass is 10.1. The third-order valence-electron chi connectivity index (χ3n) is 11.3. The van der Waals surface area contributed by atoms with E-state index in [4.69, 9.17) is 4.74 Å². The molecule has 0 saturated carbocycles. The Morgan fingerprint density at radius 2 is 0.864 bits per heavy atom. The van der Waals surface area contributed by atoms with E-state index in [-0.39, 0.29) is 18.5 Å². The second-order valence-corrected chi connectivity index (χ2v) is 17.1. The Morgan fingerprint density at radius 3 is 1.36 bits per heavy atom. The van der Waals surface area contributed by atoms with Gasteiger partial charge in [0.15, 0.2) is 0 Å². The molecule has 0 aromatic rings. The molecule has 0 radical (unpaired) electrons. The number of unbranched alkanes of at least 4 members (excludes halogenated alkanes) is 29. The van der Waals surface area contributed by atoms with Crippen LogP contribution in [0.25, 0.3) is 0 Å². The van der Waals surface area contributed by atoms with Crippen molar-refractivity contribution >= 4 is 11.9 Å². The van der Waals surface area contributed by atoms with Crippen LogP contribution in [0.3, 0.4) is 0 Å². The lowest BCUT2D eigenvalue weighted by molar-refractivity contribution is -0.143. The van der Waals surface area contributed by atoms with Crippen LogP contribution in [-0.4, -0.2) is 47.4 Å². The summed E-state index contributed by atoms with van der Waals surface area (Å²) in [4.78, 5) is 24.4. The third-order valence-corrected chi connectivity index (χ3v) is 11.3. The number of nitrogens with one attached hydrogen (secondary N) is 1. The van der Waals surface area contributed by atoms with Gasteiger partial charge in [0.25, 0.3) is 0 Å². The maximum absolute atomic E-state index is 12.4. The summed E-state index contributed by atoms with van der Waals surface area (Å²) in [5, 5.41) is 23.0. The molecule has 6 heteroatoms. The van der Waals surface area contributed by atoms with Crippen LogP contribution in [0, 0.1) is 0 Å². The molecule has 344 valence electrons. The second-order valence-electron chi connectivity index (χ2n) is 17.1. The highest BCUT2D eigenvalue weighted by Crippen LogP contribution is 2.14. The average Bonchev–Trinajstić information content (AvgIpc) is 3.24. The number of ether oxygens (including phenoxy) is 1. The fraction of sp³-hybridized carbons (Fsp3) is 0.811. The Bertz CT molecular complexity index is 1000. The summed E-state index contributed by atoms with van der Waals surface area (Å²) in [5.41, 5.74) is 0. The predicted octanol–water partition coefficient (Wildman–Crippen LogP) is 15.1. The molecule has 0 fully saturated rings. The fourth-order valence-corrected chi connectivity index (χ4v) is 7.35. The minimum absolute atomic E-state index is 0.0196. The molecule has 0 aliphatic carbocycles. The lowest BCUT2D eigenvalue weighted by Crippen LogP contribution is -2.45. The van der Waals surface area contributed by atoms with Crippen molar-refractivity contribution in [3.63, 3.8) is 0 Å². The summed E-state index contributed by atoms with van der Waals surface area (Å²) >= 11 is 0. The van der Waals surface area contributed by atoms with Gasteiger partial charge in [0, 0.05) is 12.8 Å². The number of hydrogen-bond acceptors (Lipinski definition) is 5. The predicted molar refractivity (Wildman–Crippen MR) is 255 cm³/mol. The Balaban J connectivity index is 3.51. The van der Waals surface area contributed by atoms with Crippen molar-refractivity contribution in [3.05, 3.63) is 48.6 Å². The fourth-order valence-electron chi connectivity index (χ4n) is 7.35. The van der Waals surface area contributed by atoms with E-state index in [2.05, 4.69) is 55.6 Å². The van der Waals surface area contributed by atoms with Crippen molar-refractivity contribution in [2.24, 2.45) is 0 Å². The van der Waals surface area contributed by atoms with Crippen LogP contribution in [-0.2, 0) is 14.3 Å². The van der Waals surface area contributed by atoms with Gasteiger partial charge in [-0.2, -0.15) is 0 Å². The minimum atomic E-state index is -0.855. The van der Waals surface area contributed by atoms with Gasteiger partial charge in [0.05, 0.1) is 25.4 Å². The molecule has 2 atom stereocenters. The molecule has 1 amide bonds. The zero-order valence-corrected chi connectivity index (χ0v) is 39.0. The summed E-state index contributed by atoms with van der Waals surface area (Å²) < 4.78 is 5.45. The van der Waals surface area contributed by atoms with Crippen LogP contribution in [0.15, 0.2) is 48.6 Å². The maximum atomic E-state index is 12.4. The monoisotopic (exact) mass is 828 g/mol. The SMILES string of the molecule is CCCC/C=C\C/C=C\CCCCCCCC(=O)OCCCCCCCCC/C=C\CCCCCCCC(=O)NC(CO)C(O)/C=C/CCCCCCCCCCCC. The van der Waals surface area contributed by atoms with Gasteiger partial charge in [-0.25, -0.2) is 0 Å². The van der Waals surface area contributed by atoms with E-state index in [0.717, 1.165) is 70.6 Å². The Kier molecular flexibility index (Phi) is 46.7. The first kappa shape index (κ1) is 56.8. The molecule has 6 nitrogen and oxygen atoms in total. The van der Waals surface area contributed by atoms with E-state index >= 15 is 0 Å². The summed E-state index contributed by atoms with van der Waals surface area (Å²) in [6.07, 6.45) is 59.6. The minimum Gasteiger partial charge on any atom is -0.466 e. The number of hydrogen-bond donors (Lipinski definition) is 3. The molecular weight excluding hydrogens is 731 g/mol. The molecule has 59 heavy (non-hydrogen) atoms. The summed E-state index contributed by atoms with van der Waals surface area (Å²) in [6, 6.07) is -0.640. The highest BCUT2D eigenvalue weighted by molar-refractivity contribution is 5.76. The van der Waals surface area contributed by atoms with E-state index in [1.165, 1.54) is 154 Å². The Hall–Kier alpha value is -2.18. The molecule has 0 rings (SSSR count). The number of aliphatic hydroxyl groups is 2. The number of esters is 1. The van der Waals surface area contributed by atoms with E-state index < -0.39 is 12.1 Å². The quantitative estimate of drug-likeness (QED) is 0.0323. The van der Waals surface area contributed by atoms with Crippen LogP contribution in [0.4, 0.5) is 0 Å². The molecule has 0 saturated heterocycles. The van der Waals surface area contributed by atoms with Crippen molar-refractivity contribution in [2.75, 3.05) is 13.2 Å². The molecule has 0 spiro atoms. The van der Waals surface area contributed by atoms with Crippen molar-refractivity contribution < 1.29 is 24.5 Å². The highest BCUT2D eigenvalue weighted by Gasteiger charge is 2.18. The first-order valence-corrected chi connectivity index (χ1v) is 25.4. The number of rotatable bonds is 46. The zero-order chi connectivity index (χ0) is 43.0. The van der Waals surface area contributed by atoms with Crippen LogP contribution in [0.2, 0.25) is 0 Å². The lowest BCUT2D eigenvalue weighted by Gasteiger charge is -2.20. The molecule has 3 N–H and O–H groups in total. The van der Waals surface area contributed by atoms with Crippen molar-refractivity contribution in [1.29, 1.82) is 0 Å². The van der Waals surface area contributed by atoms with Gasteiger partial charge in [0.2, 0.25) is 5.91 Å². The summed E-state index contributed by atoms with van der Waals surface area (Å²) in [5.74, 6) is -0.108. The molecule has 0 aromatic carbocycles. The van der Waals surface area contributed by atoms with Gasteiger partial charge in [-0.15, -0.1) is 0 Å². The van der Waals surface area contributed by atoms with Crippen molar-refractivity contribution in [3.8, 4) is 0 Å². The standard InChI is InChI=1S/C53H97NO5/c1-3-5-7-9-11-13-15-17-23-27-31-35-39-43-47-53(58)59-48-44-40-36-32-28-24-21-19-18-20-22-26-30-34-38-42-46-52(57)54-50(49-55)51(56)45-41-37-33-29-25-16-14-12-10-8-6-4-2/h9,11,15,17-18,20,41,45,50-51,55-56H,3-8,10,12-14,16,19,21-40,42-44,46-49H2,1-2H3,(H,54,57)/b11-9-,17-15-,20-18-,45-41+. The van der Waals surface area contributed by atoms with Crippen LogP contribution in [0.1, 0.15) is 251 Å². The van der Waals surface area contributed by atoms with Gasteiger partial charge in [0.1, 0.15) is 0 Å². The molecule has 2 unspecified atom stereocenters. The first-order chi connectivity index (χ1) is 29.0. The molecule has 0 bridgehead atoms. The van der Waals surface area contributed by atoms with E-state index in [1.54, 1.807) is 6.08 Å². The van der Waals surface area contributed by atoms with Gasteiger partial charge < -0.3 is 20.3 Å². The number of aliphatic hydroxyl groups excluding tert-OH is 2. The average molecular weight is 828 g/mol. The van der Waals surface area contributed by atoms with E-state index in [9.17, 15) is 19.8 Å². The smallest absolute Gasteiger partial charge is 0.305 e. The molecular formula is C53H97NO5. The molecule has 0 heterocycles. The van der Waals surface area contributed by atoms with Gasteiger partial charge in [-0.1, -0.05) is 204 Å². The van der Waals surface area contributed by atoms with Crippen molar-refractivity contribution in [2.45, 2.75) is 264 Å². The Morgan fingerprint density at radius 1 is 0.475 bits per heavy atom. The van der Waals surface area contributed by atoms with Crippen LogP contribution < -0.4 is 5.32 Å². The zero-order valence-electron chi connectivity index (χ0n) is 39.0. The van der Waals surface area contributed by atoms with Gasteiger partial charge in [-0.05, 0) is 83.5 Å². The molecule has 0 aliphatic rings. The topological polar surface area (TPSA) is 95.9 Å². The van der Waals surface area contributed by atoms with Crippen LogP contribution in [0.5, 0.6) is 0 Å². The number of amides is 1. The largest absolute Gasteiger partial charge is 0.466 e. The number of carbonyl (C=O) groups excluding carboxylic acids is 2. The number of allylic oxidation sites excluding steroid dienone is 7. The molecule has 0 aromatic heterocycles. The summed E-state index contributed by atoms with van der Waals surface area (Å²) in [6.45, 7) is 4.81. The second kappa shape index (κ2) is 48.5. The Labute approximate surface area is 366 Å². The van der Waals surface area contributed by atoms with Crippen LogP contribution >= 0.6 is 0 Å². The maximum Gasteiger partial charge on any atom is 0.305 e. The van der Waals surface area contributed by atoms with Gasteiger partial charge >= 0.3 is 5.97 Å². The first-order valence-electron chi connectivity index (χ1n) is 25.4. The van der Waals surface area contributed by atoms with Crippen molar-refractivity contribution in [1.82, 2.24) is 5.32 Å². The number of carbonyl (C=O) groups is 2.